The lowest BCUT2D eigenvalue weighted by atomic mass is 9.70. The van der Waals surface area contributed by atoms with Gasteiger partial charge in [0.05, 0.1) is 11.1 Å². The zero-order valence-electron chi connectivity index (χ0n) is 16.9. The Morgan fingerprint density at radius 3 is 2.89 bits per heavy atom. The summed E-state index contributed by atoms with van der Waals surface area (Å²) in [4.78, 5) is 12.2. The molecule has 0 aliphatic heterocycles. The van der Waals surface area contributed by atoms with Crippen molar-refractivity contribution in [1.29, 1.82) is 0 Å². The topological polar surface area (TPSA) is 60.9 Å². The van der Waals surface area contributed by atoms with E-state index in [-0.39, 0.29) is 0 Å². The monoisotopic (exact) mass is 394 g/mol. The summed E-state index contributed by atoms with van der Waals surface area (Å²) < 4.78 is 3.72. The minimum Gasteiger partial charge on any atom is -0.265 e. The molecular weight excluding hydrogens is 368 g/mol. The highest BCUT2D eigenvalue weighted by molar-refractivity contribution is 7.19. The van der Waals surface area contributed by atoms with E-state index < -0.39 is 0 Å². The van der Waals surface area contributed by atoms with Crippen molar-refractivity contribution in [3.63, 3.8) is 0 Å². The summed E-state index contributed by atoms with van der Waals surface area (Å²) >= 11 is 1.85. The first-order chi connectivity index (χ1) is 13.4. The molecule has 146 valence electrons. The van der Waals surface area contributed by atoms with Crippen LogP contribution in [0.25, 0.3) is 15.9 Å². The van der Waals surface area contributed by atoms with E-state index in [1.54, 1.807) is 6.33 Å². The van der Waals surface area contributed by atoms with Crippen molar-refractivity contribution in [2.45, 2.75) is 59.9 Å². The molecule has 0 unspecified atom stereocenters. The summed E-state index contributed by atoms with van der Waals surface area (Å²) in [6, 6.07) is 2.00. The Bertz CT molecular complexity index is 1160. The summed E-state index contributed by atoms with van der Waals surface area (Å²) in [6.07, 6.45) is 8.52. The Morgan fingerprint density at radius 2 is 2.14 bits per heavy atom. The maximum atomic E-state index is 4.87. The molecule has 0 saturated carbocycles. The molecule has 5 rings (SSSR count). The van der Waals surface area contributed by atoms with Gasteiger partial charge in [-0.2, -0.15) is 5.10 Å². The molecule has 0 radical (unpaired) electrons. The molecule has 6 nitrogen and oxygen atoms in total. The molecule has 0 aromatic carbocycles. The minimum atomic E-state index is 0.389. The largest absolute Gasteiger partial charge is 0.265 e. The lowest BCUT2D eigenvalue weighted by Crippen LogP contribution is -2.28. The van der Waals surface area contributed by atoms with Crippen LogP contribution in [0.3, 0.4) is 0 Å². The summed E-state index contributed by atoms with van der Waals surface area (Å²) in [6.45, 7) is 9.70. The highest BCUT2D eigenvalue weighted by atomic mass is 32.1. The molecule has 1 atom stereocenters. The van der Waals surface area contributed by atoms with Crippen LogP contribution in [0.15, 0.2) is 18.6 Å². The lowest BCUT2D eigenvalue weighted by molar-refractivity contribution is 0.184. The molecule has 1 aliphatic carbocycles. The van der Waals surface area contributed by atoms with Crippen molar-refractivity contribution in [3.05, 3.63) is 40.5 Å². The van der Waals surface area contributed by atoms with E-state index in [2.05, 4.69) is 31.0 Å². The Kier molecular flexibility index (Phi) is 4.05. The molecule has 0 saturated heterocycles. The van der Waals surface area contributed by atoms with E-state index in [0.717, 1.165) is 40.8 Å². The Balaban J connectivity index is 1.55. The van der Waals surface area contributed by atoms with Crippen LogP contribution in [0.4, 0.5) is 0 Å². The number of aryl methyl sites for hydroxylation is 2. The fraction of sp³-hybridized carbons (Fsp3) is 0.524. The summed E-state index contributed by atoms with van der Waals surface area (Å²) in [7, 11) is 0. The predicted octanol–water partition coefficient (Wildman–Crippen LogP) is 4.43. The average Bonchev–Trinajstić information content (AvgIpc) is 3.36. The van der Waals surface area contributed by atoms with Crippen LogP contribution in [-0.4, -0.2) is 29.4 Å². The van der Waals surface area contributed by atoms with Gasteiger partial charge in [-0.05, 0) is 49.1 Å². The van der Waals surface area contributed by atoms with Gasteiger partial charge in [-0.15, -0.1) is 16.4 Å². The van der Waals surface area contributed by atoms with Crippen LogP contribution in [-0.2, 0) is 19.4 Å². The summed E-state index contributed by atoms with van der Waals surface area (Å²) in [5.74, 6) is 1.52. The van der Waals surface area contributed by atoms with Gasteiger partial charge in [0.15, 0.2) is 11.5 Å². The number of hydrogen-bond acceptors (Lipinski definition) is 5. The number of nitrogens with zero attached hydrogens (tertiary/aromatic N) is 6. The third kappa shape index (κ3) is 2.83. The molecule has 0 fully saturated rings. The van der Waals surface area contributed by atoms with Gasteiger partial charge in [0, 0.05) is 11.1 Å². The predicted molar refractivity (Wildman–Crippen MR) is 112 cm³/mol. The minimum absolute atomic E-state index is 0.389. The van der Waals surface area contributed by atoms with E-state index in [0.29, 0.717) is 12.0 Å². The third-order valence-electron chi connectivity index (χ3n) is 6.52. The first-order valence-corrected chi connectivity index (χ1v) is 10.9. The smallest absolute Gasteiger partial charge is 0.173 e. The number of hydrogen-bond donors (Lipinski definition) is 0. The van der Waals surface area contributed by atoms with E-state index >= 15 is 0 Å². The van der Waals surface area contributed by atoms with Gasteiger partial charge < -0.3 is 0 Å². The van der Waals surface area contributed by atoms with E-state index in [1.807, 2.05) is 39.7 Å². The molecule has 4 aromatic rings. The molecule has 0 spiro atoms. The van der Waals surface area contributed by atoms with Crippen LogP contribution in [0.1, 0.15) is 55.6 Å². The van der Waals surface area contributed by atoms with Gasteiger partial charge in [-0.25, -0.2) is 14.5 Å². The Morgan fingerprint density at radius 1 is 1.29 bits per heavy atom. The Labute approximate surface area is 168 Å². The van der Waals surface area contributed by atoms with E-state index in [1.165, 1.54) is 28.7 Å². The fourth-order valence-electron chi connectivity index (χ4n) is 4.34. The van der Waals surface area contributed by atoms with Crippen LogP contribution in [0.5, 0.6) is 0 Å². The molecule has 28 heavy (non-hydrogen) atoms. The van der Waals surface area contributed by atoms with Crippen molar-refractivity contribution < 1.29 is 0 Å². The third-order valence-corrected chi connectivity index (χ3v) is 7.69. The van der Waals surface area contributed by atoms with Gasteiger partial charge in [-0.1, -0.05) is 27.2 Å². The molecule has 7 heteroatoms. The molecule has 1 aliphatic rings. The number of thiophene rings is 1. The lowest BCUT2D eigenvalue weighted by Gasteiger charge is -2.36. The zero-order chi connectivity index (χ0) is 19.5. The Hall–Kier alpha value is -2.28. The number of fused-ring (bicyclic) bond motifs is 5. The SMILES string of the molecule is CCC(C)(C)[C@@H]1CCc2c(sc3ncn4nc(Cn5ccc(C)n5)nc4c23)C1. The highest BCUT2D eigenvalue weighted by Crippen LogP contribution is 2.44. The van der Waals surface area contributed by atoms with Crippen LogP contribution < -0.4 is 0 Å². The second-order valence-electron chi connectivity index (χ2n) is 8.66. The van der Waals surface area contributed by atoms with Gasteiger partial charge in [-0.3, -0.25) is 4.68 Å². The van der Waals surface area contributed by atoms with Gasteiger partial charge in [0.1, 0.15) is 17.7 Å². The first kappa shape index (κ1) is 17.8. The molecule has 4 aromatic heterocycles. The normalized spacial score (nSPS) is 17.5. The average molecular weight is 395 g/mol. The van der Waals surface area contributed by atoms with Gasteiger partial charge >= 0.3 is 0 Å². The van der Waals surface area contributed by atoms with Crippen molar-refractivity contribution in [2.75, 3.05) is 0 Å². The van der Waals surface area contributed by atoms with Crippen molar-refractivity contribution in [1.82, 2.24) is 29.4 Å². The van der Waals surface area contributed by atoms with E-state index in [9.17, 15) is 0 Å². The van der Waals surface area contributed by atoms with Gasteiger partial charge in [0.2, 0.25) is 0 Å². The summed E-state index contributed by atoms with van der Waals surface area (Å²) in [5.41, 5.74) is 3.79. The second-order valence-corrected chi connectivity index (χ2v) is 9.74. The van der Waals surface area contributed by atoms with Crippen molar-refractivity contribution >= 4 is 27.2 Å². The zero-order valence-corrected chi connectivity index (χ0v) is 17.8. The fourth-order valence-corrected chi connectivity index (χ4v) is 5.60. The molecule has 0 amide bonds. The molecule has 4 heterocycles. The summed E-state index contributed by atoms with van der Waals surface area (Å²) in [5, 5.41) is 10.3. The highest BCUT2D eigenvalue weighted by Gasteiger charge is 2.33. The molecular formula is C21H26N6S. The number of aromatic nitrogens is 6. The first-order valence-electron chi connectivity index (χ1n) is 10.1. The van der Waals surface area contributed by atoms with Crippen molar-refractivity contribution in [2.24, 2.45) is 11.3 Å². The van der Waals surface area contributed by atoms with Crippen molar-refractivity contribution in [3.8, 4) is 0 Å². The number of rotatable bonds is 4. The molecule has 0 N–H and O–H groups in total. The second kappa shape index (κ2) is 6.37. The van der Waals surface area contributed by atoms with E-state index in [4.69, 9.17) is 9.97 Å². The van der Waals surface area contributed by atoms with Crippen LogP contribution in [0.2, 0.25) is 0 Å². The molecule has 0 bridgehead atoms. The van der Waals surface area contributed by atoms with Crippen LogP contribution in [0, 0.1) is 18.3 Å². The van der Waals surface area contributed by atoms with Gasteiger partial charge in [0.25, 0.3) is 0 Å². The standard InChI is InChI=1S/C21H26N6S/c1-5-21(3,4)14-6-7-15-16(10-14)28-20-18(15)19-23-17(25-27(19)12-22-20)11-26-9-8-13(2)24-26/h8-9,12,14H,5-7,10-11H2,1-4H3/t14-/m1/s1. The maximum Gasteiger partial charge on any atom is 0.173 e. The van der Waals surface area contributed by atoms with Crippen LogP contribution >= 0.6 is 11.3 Å². The quantitative estimate of drug-likeness (QED) is 0.514. The maximum absolute atomic E-state index is 4.87.